The Labute approximate surface area is 180 Å². The zero-order valence-electron chi connectivity index (χ0n) is 16.9. The van der Waals surface area contributed by atoms with Gasteiger partial charge < -0.3 is 10.2 Å². The Hall–Kier alpha value is -2.93. The van der Waals surface area contributed by atoms with Crippen molar-refractivity contribution in [3.8, 4) is 16.3 Å². The van der Waals surface area contributed by atoms with Crippen molar-refractivity contribution < 1.29 is 9.59 Å². The van der Waals surface area contributed by atoms with Gasteiger partial charge >= 0.3 is 0 Å². The van der Waals surface area contributed by atoms with Crippen LogP contribution in [0.15, 0.2) is 54.0 Å². The summed E-state index contributed by atoms with van der Waals surface area (Å²) in [5, 5.41) is 9.67. The highest BCUT2D eigenvalue weighted by Gasteiger charge is 2.20. The fourth-order valence-electron chi connectivity index (χ4n) is 3.69. The van der Waals surface area contributed by atoms with E-state index in [0.717, 1.165) is 42.8 Å². The molecule has 1 saturated heterocycles. The third-order valence-electron chi connectivity index (χ3n) is 5.30. The summed E-state index contributed by atoms with van der Waals surface area (Å²) in [6.45, 7) is 2.06. The Morgan fingerprint density at radius 1 is 1.10 bits per heavy atom. The van der Waals surface area contributed by atoms with Gasteiger partial charge in [-0.1, -0.05) is 30.7 Å². The molecule has 0 saturated carbocycles. The zero-order chi connectivity index (χ0) is 20.8. The molecule has 1 aromatic carbocycles. The summed E-state index contributed by atoms with van der Waals surface area (Å²) in [5.74, 6) is 0.103. The topological polar surface area (TPSA) is 67.2 Å². The van der Waals surface area contributed by atoms with E-state index in [1.54, 1.807) is 22.2 Å². The predicted molar refractivity (Wildman–Crippen MR) is 119 cm³/mol. The number of nitrogens with zero attached hydrogens (tertiary/aromatic N) is 3. The molecule has 1 aliphatic rings. The largest absolute Gasteiger partial charge is 0.352 e. The molecule has 0 aliphatic carbocycles. The number of amides is 2. The van der Waals surface area contributed by atoms with Crippen LogP contribution in [0.1, 0.15) is 42.5 Å². The lowest BCUT2D eigenvalue weighted by atomic mass is 10.2. The Balaban J connectivity index is 1.42. The van der Waals surface area contributed by atoms with Crippen molar-refractivity contribution in [2.45, 2.75) is 32.1 Å². The average molecular weight is 423 g/mol. The SMILES string of the molecule is O=C(NCCCN1CCCCCC1=O)c1cn(-c2ccccc2)nc1-c1cccs1. The molecule has 0 radical (unpaired) electrons. The van der Waals surface area contributed by atoms with E-state index >= 15 is 0 Å². The summed E-state index contributed by atoms with van der Waals surface area (Å²) < 4.78 is 1.75. The monoisotopic (exact) mass is 422 g/mol. The second-order valence-corrected chi connectivity index (χ2v) is 8.40. The van der Waals surface area contributed by atoms with E-state index in [-0.39, 0.29) is 11.8 Å². The van der Waals surface area contributed by atoms with Crippen LogP contribution in [0.4, 0.5) is 0 Å². The van der Waals surface area contributed by atoms with Gasteiger partial charge in [0.15, 0.2) is 0 Å². The number of nitrogens with one attached hydrogen (secondary N) is 1. The molecular formula is C23H26N4O2S. The normalized spacial score (nSPS) is 14.5. The molecule has 2 aromatic heterocycles. The molecule has 1 fully saturated rings. The van der Waals surface area contributed by atoms with Gasteiger partial charge in [-0.15, -0.1) is 11.3 Å². The summed E-state index contributed by atoms with van der Waals surface area (Å²) in [6.07, 6.45) is 6.37. The number of carbonyl (C=O) groups is 2. The maximum Gasteiger partial charge on any atom is 0.255 e. The zero-order valence-corrected chi connectivity index (χ0v) is 17.7. The van der Waals surface area contributed by atoms with Crippen molar-refractivity contribution >= 4 is 23.2 Å². The number of benzene rings is 1. The number of hydrogen-bond donors (Lipinski definition) is 1. The highest BCUT2D eigenvalue weighted by Crippen LogP contribution is 2.27. The minimum absolute atomic E-state index is 0.136. The van der Waals surface area contributed by atoms with E-state index in [0.29, 0.717) is 30.8 Å². The van der Waals surface area contributed by atoms with Gasteiger partial charge in [0.2, 0.25) is 5.91 Å². The third-order valence-corrected chi connectivity index (χ3v) is 6.17. The molecule has 0 spiro atoms. The van der Waals surface area contributed by atoms with Crippen LogP contribution in [-0.2, 0) is 4.79 Å². The highest BCUT2D eigenvalue weighted by molar-refractivity contribution is 7.13. The third kappa shape index (κ3) is 4.79. The van der Waals surface area contributed by atoms with Crippen molar-refractivity contribution in [1.82, 2.24) is 20.0 Å². The molecule has 7 heteroatoms. The number of likely N-dealkylation sites (tertiary alicyclic amines) is 1. The highest BCUT2D eigenvalue weighted by atomic mass is 32.1. The first-order valence-electron chi connectivity index (χ1n) is 10.5. The van der Waals surface area contributed by atoms with Gasteiger partial charge in [-0.05, 0) is 42.8 Å². The predicted octanol–water partition coefficient (Wildman–Crippen LogP) is 4.12. The van der Waals surface area contributed by atoms with Crippen LogP contribution in [0.25, 0.3) is 16.3 Å². The Morgan fingerprint density at radius 3 is 2.77 bits per heavy atom. The molecule has 1 aliphatic heterocycles. The van der Waals surface area contributed by atoms with E-state index in [2.05, 4.69) is 10.4 Å². The number of thiophene rings is 1. The quantitative estimate of drug-likeness (QED) is 0.583. The van der Waals surface area contributed by atoms with E-state index < -0.39 is 0 Å². The van der Waals surface area contributed by atoms with E-state index in [4.69, 9.17) is 0 Å². The smallest absolute Gasteiger partial charge is 0.255 e. The Kier molecular flexibility index (Phi) is 6.59. The van der Waals surface area contributed by atoms with E-state index in [1.807, 2.05) is 52.7 Å². The second-order valence-electron chi connectivity index (χ2n) is 7.45. The van der Waals surface area contributed by atoms with Gasteiger partial charge in [0.05, 0.1) is 16.1 Å². The molecule has 30 heavy (non-hydrogen) atoms. The van der Waals surface area contributed by atoms with Crippen LogP contribution >= 0.6 is 11.3 Å². The number of aromatic nitrogens is 2. The maximum absolute atomic E-state index is 12.9. The van der Waals surface area contributed by atoms with Crippen LogP contribution < -0.4 is 5.32 Å². The molecule has 4 rings (SSSR count). The lowest BCUT2D eigenvalue weighted by Gasteiger charge is -2.20. The van der Waals surface area contributed by atoms with E-state index in [9.17, 15) is 9.59 Å². The molecule has 156 valence electrons. The number of hydrogen-bond acceptors (Lipinski definition) is 4. The molecule has 2 amide bonds. The lowest BCUT2D eigenvalue weighted by molar-refractivity contribution is -0.130. The van der Waals surface area contributed by atoms with Crippen molar-refractivity contribution in [3.63, 3.8) is 0 Å². The number of carbonyl (C=O) groups excluding carboxylic acids is 2. The van der Waals surface area contributed by atoms with Crippen LogP contribution in [-0.4, -0.2) is 46.1 Å². The first-order chi connectivity index (χ1) is 14.7. The Morgan fingerprint density at radius 2 is 1.97 bits per heavy atom. The first kappa shape index (κ1) is 20.3. The fourth-order valence-corrected chi connectivity index (χ4v) is 4.41. The van der Waals surface area contributed by atoms with Crippen LogP contribution in [0.2, 0.25) is 0 Å². The lowest BCUT2D eigenvalue weighted by Crippen LogP contribution is -2.34. The molecule has 0 atom stereocenters. The van der Waals surface area contributed by atoms with Crippen LogP contribution in [0, 0.1) is 0 Å². The van der Waals surface area contributed by atoms with Gasteiger partial charge in [-0.3, -0.25) is 9.59 Å². The van der Waals surface area contributed by atoms with E-state index in [1.165, 1.54) is 0 Å². The minimum Gasteiger partial charge on any atom is -0.352 e. The molecule has 6 nitrogen and oxygen atoms in total. The summed E-state index contributed by atoms with van der Waals surface area (Å²) in [5.41, 5.74) is 2.16. The molecule has 0 bridgehead atoms. The minimum atomic E-state index is -0.136. The summed E-state index contributed by atoms with van der Waals surface area (Å²) >= 11 is 1.57. The molecule has 0 unspecified atom stereocenters. The van der Waals surface area contributed by atoms with Crippen molar-refractivity contribution in [1.29, 1.82) is 0 Å². The van der Waals surface area contributed by atoms with Gasteiger partial charge in [0.25, 0.3) is 5.91 Å². The molecular weight excluding hydrogens is 396 g/mol. The maximum atomic E-state index is 12.9. The fraction of sp³-hybridized carbons (Fsp3) is 0.348. The van der Waals surface area contributed by atoms with Crippen molar-refractivity contribution in [2.24, 2.45) is 0 Å². The van der Waals surface area contributed by atoms with Crippen molar-refractivity contribution in [3.05, 3.63) is 59.6 Å². The molecule has 3 aromatic rings. The number of para-hydroxylation sites is 1. The first-order valence-corrected chi connectivity index (χ1v) is 11.4. The van der Waals surface area contributed by atoms with Crippen LogP contribution in [0.3, 0.4) is 0 Å². The molecule has 3 heterocycles. The van der Waals surface area contributed by atoms with Crippen LogP contribution in [0.5, 0.6) is 0 Å². The second kappa shape index (κ2) is 9.71. The standard InChI is InChI=1S/C23H26N4O2S/c28-21-12-5-2-6-14-26(21)15-8-13-24-23(29)19-17-27(18-9-3-1-4-10-18)25-22(19)20-11-7-16-30-20/h1,3-4,7,9-11,16-17H,2,5-6,8,12-15H2,(H,24,29). The molecule has 1 N–H and O–H groups in total. The summed E-state index contributed by atoms with van der Waals surface area (Å²) in [6, 6.07) is 13.7. The van der Waals surface area contributed by atoms with Gasteiger partial charge in [0.1, 0.15) is 5.69 Å². The number of rotatable bonds is 7. The van der Waals surface area contributed by atoms with Crippen molar-refractivity contribution in [2.75, 3.05) is 19.6 Å². The van der Waals surface area contributed by atoms with Gasteiger partial charge in [-0.2, -0.15) is 5.10 Å². The Bertz CT molecular complexity index is 982. The summed E-state index contributed by atoms with van der Waals surface area (Å²) in [7, 11) is 0. The summed E-state index contributed by atoms with van der Waals surface area (Å²) in [4.78, 5) is 27.9. The van der Waals surface area contributed by atoms with Gasteiger partial charge in [-0.25, -0.2) is 4.68 Å². The van der Waals surface area contributed by atoms with Gasteiger partial charge in [0, 0.05) is 32.3 Å². The average Bonchev–Trinajstić information content (AvgIpc) is 3.41.